The van der Waals surface area contributed by atoms with E-state index >= 15 is 0 Å². The lowest BCUT2D eigenvalue weighted by Gasteiger charge is -2.13. The first-order chi connectivity index (χ1) is 11.7. The smallest absolute Gasteiger partial charge is 0.123 e. The molecule has 0 bridgehead atoms. The second kappa shape index (κ2) is 6.40. The largest absolute Gasteiger partial charge is 0.350 e. The Kier molecular flexibility index (Phi) is 4.11. The van der Waals surface area contributed by atoms with Crippen LogP contribution < -0.4 is 5.32 Å². The van der Waals surface area contributed by atoms with Crippen LogP contribution in [0.1, 0.15) is 36.3 Å². The van der Waals surface area contributed by atoms with Gasteiger partial charge in [0, 0.05) is 36.7 Å². The summed E-state index contributed by atoms with van der Waals surface area (Å²) in [6.07, 6.45) is 5.67. The van der Waals surface area contributed by atoms with Crippen molar-refractivity contribution in [3.63, 3.8) is 0 Å². The van der Waals surface area contributed by atoms with Crippen LogP contribution in [0, 0.1) is 5.82 Å². The average molecular weight is 322 g/mol. The van der Waals surface area contributed by atoms with E-state index in [1.807, 2.05) is 13.1 Å². The number of hydrogen-bond acceptors (Lipinski definition) is 1. The van der Waals surface area contributed by atoms with Crippen LogP contribution >= 0.6 is 0 Å². The highest BCUT2D eigenvalue weighted by Crippen LogP contribution is 2.38. The summed E-state index contributed by atoms with van der Waals surface area (Å²) in [6, 6.07) is 16.2. The summed E-state index contributed by atoms with van der Waals surface area (Å²) in [7, 11) is 2.05. The molecular formula is C21H23FN2. The fourth-order valence-corrected chi connectivity index (χ4v) is 4.03. The van der Waals surface area contributed by atoms with Gasteiger partial charge in [0.2, 0.25) is 0 Å². The molecule has 24 heavy (non-hydrogen) atoms. The van der Waals surface area contributed by atoms with E-state index in [0.717, 1.165) is 23.9 Å². The third-order valence-corrected chi connectivity index (χ3v) is 5.29. The third-order valence-electron chi connectivity index (χ3n) is 5.29. The molecule has 1 N–H and O–H groups in total. The number of aromatic nitrogens is 1. The van der Waals surface area contributed by atoms with Crippen molar-refractivity contribution in [2.75, 3.05) is 0 Å². The Hall–Kier alpha value is -2.13. The van der Waals surface area contributed by atoms with Gasteiger partial charge in [0.25, 0.3) is 0 Å². The molecule has 0 aliphatic heterocycles. The van der Waals surface area contributed by atoms with Gasteiger partial charge < -0.3 is 9.88 Å². The topological polar surface area (TPSA) is 17.0 Å². The summed E-state index contributed by atoms with van der Waals surface area (Å²) >= 11 is 0. The van der Waals surface area contributed by atoms with Gasteiger partial charge in [-0.25, -0.2) is 4.39 Å². The zero-order chi connectivity index (χ0) is 16.5. The average Bonchev–Trinajstić information content (AvgIpc) is 3.18. The molecule has 1 fully saturated rings. The molecule has 2 aromatic carbocycles. The van der Waals surface area contributed by atoms with Crippen molar-refractivity contribution >= 4 is 10.9 Å². The molecule has 1 saturated carbocycles. The Morgan fingerprint density at radius 1 is 1.12 bits per heavy atom. The first-order valence-electron chi connectivity index (χ1n) is 8.72. The van der Waals surface area contributed by atoms with Gasteiger partial charge in [-0.2, -0.15) is 0 Å². The zero-order valence-electron chi connectivity index (χ0n) is 14.0. The van der Waals surface area contributed by atoms with Crippen LogP contribution in [-0.4, -0.2) is 10.6 Å². The van der Waals surface area contributed by atoms with Crippen LogP contribution in [0.15, 0.2) is 54.7 Å². The maximum Gasteiger partial charge on any atom is 0.123 e. The van der Waals surface area contributed by atoms with Crippen LogP contribution in [0.2, 0.25) is 0 Å². The number of halogens is 1. The van der Waals surface area contributed by atoms with E-state index in [0.29, 0.717) is 12.0 Å². The molecule has 1 heterocycles. The van der Waals surface area contributed by atoms with Crippen molar-refractivity contribution in [3.8, 4) is 0 Å². The van der Waals surface area contributed by atoms with Gasteiger partial charge in [-0.15, -0.1) is 0 Å². The van der Waals surface area contributed by atoms with Crippen LogP contribution in [0.25, 0.3) is 10.9 Å². The second-order valence-electron chi connectivity index (χ2n) is 6.93. The van der Waals surface area contributed by atoms with Gasteiger partial charge >= 0.3 is 0 Å². The predicted octanol–water partition coefficient (Wildman–Crippen LogP) is 4.74. The molecule has 2 nitrogen and oxygen atoms in total. The van der Waals surface area contributed by atoms with Crippen LogP contribution in [-0.2, 0) is 13.6 Å². The van der Waals surface area contributed by atoms with Crippen LogP contribution in [0.5, 0.6) is 0 Å². The van der Waals surface area contributed by atoms with Gasteiger partial charge in [-0.05, 0) is 54.5 Å². The van der Waals surface area contributed by atoms with Crippen molar-refractivity contribution in [1.29, 1.82) is 0 Å². The van der Waals surface area contributed by atoms with Crippen molar-refractivity contribution in [2.24, 2.45) is 7.05 Å². The van der Waals surface area contributed by atoms with Crippen molar-refractivity contribution in [2.45, 2.75) is 37.8 Å². The first-order valence-corrected chi connectivity index (χ1v) is 8.72. The number of hydrogen-bond donors (Lipinski definition) is 1. The monoisotopic (exact) mass is 322 g/mol. The molecule has 124 valence electrons. The highest BCUT2D eigenvalue weighted by Gasteiger charge is 2.27. The van der Waals surface area contributed by atoms with Crippen molar-refractivity contribution < 1.29 is 4.39 Å². The number of rotatable bonds is 4. The number of aryl methyl sites for hydroxylation is 1. The summed E-state index contributed by atoms with van der Waals surface area (Å²) in [5, 5.41) is 4.76. The lowest BCUT2D eigenvalue weighted by atomic mass is 9.97. The molecule has 3 heteroatoms. The second-order valence-corrected chi connectivity index (χ2v) is 6.93. The van der Waals surface area contributed by atoms with Gasteiger partial charge in [-0.1, -0.05) is 30.3 Å². The summed E-state index contributed by atoms with van der Waals surface area (Å²) in [5.74, 6) is 0.371. The lowest BCUT2D eigenvalue weighted by Crippen LogP contribution is -2.25. The van der Waals surface area contributed by atoms with Crippen LogP contribution in [0.4, 0.5) is 4.39 Å². The summed E-state index contributed by atoms with van der Waals surface area (Å²) in [6.45, 7) is 0.919. The number of nitrogens with zero attached hydrogens (tertiary/aromatic N) is 1. The highest BCUT2D eigenvalue weighted by atomic mass is 19.1. The molecule has 3 aromatic rings. The number of benzene rings is 2. The molecule has 0 radical (unpaired) electrons. The maximum atomic E-state index is 13.7. The van der Waals surface area contributed by atoms with Gasteiger partial charge in [0.05, 0.1) is 0 Å². The standard InChI is InChI=1S/C21H23FN2/c1-24-14-20(19-12-17(22)8-10-21(19)24)16-7-9-18(11-16)23-13-15-5-3-2-4-6-15/h2-6,8,10,12,14,16,18,23H,7,9,11,13H2,1H3/t16-,18-/m1/s1. The molecule has 1 aliphatic rings. The minimum atomic E-state index is -0.147. The lowest BCUT2D eigenvalue weighted by molar-refractivity contribution is 0.517. The fraction of sp³-hybridized carbons (Fsp3) is 0.333. The summed E-state index contributed by atoms with van der Waals surface area (Å²) in [5.41, 5.74) is 3.75. The van der Waals surface area contributed by atoms with E-state index in [1.54, 1.807) is 12.1 Å². The molecule has 4 rings (SSSR count). The minimum absolute atomic E-state index is 0.147. The van der Waals surface area contributed by atoms with Crippen LogP contribution in [0.3, 0.4) is 0 Å². The van der Waals surface area contributed by atoms with Crippen molar-refractivity contribution in [3.05, 3.63) is 71.7 Å². The van der Waals surface area contributed by atoms with Gasteiger partial charge in [0.15, 0.2) is 0 Å². The molecule has 2 atom stereocenters. The predicted molar refractivity (Wildman–Crippen MR) is 96.5 cm³/mol. The molecule has 0 spiro atoms. The molecular weight excluding hydrogens is 299 g/mol. The zero-order valence-corrected chi connectivity index (χ0v) is 14.0. The maximum absolute atomic E-state index is 13.7. The molecule has 0 unspecified atom stereocenters. The molecule has 0 saturated heterocycles. The van der Waals surface area contributed by atoms with Crippen molar-refractivity contribution in [1.82, 2.24) is 9.88 Å². The Balaban J connectivity index is 1.48. The first kappa shape index (κ1) is 15.4. The highest BCUT2D eigenvalue weighted by molar-refractivity contribution is 5.84. The number of fused-ring (bicyclic) bond motifs is 1. The molecule has 0 amide bonds. The van der Waals surface area contributed by atoms with E-state index in [9.17, 15) is 4.39 Å². The third kappa shape index (κ3) is 2.96. The molecule has 1 aromatic heterocycles. The summed E-state index contributed by atoms with van der Waals surface area (Å²) in [4.78, 5) is 0. The Labute approximate surface area is 142 Å². The SMILES string of the molecule is Cn1cc([C@@H]2CC[C@@H](NCc3ccccc3)C2)c2cc(F)ccc21. The van der Waals surface area contributed by atoms with Gasteiger partial charge in [0.1, 0.15) is 5.82 Å². The minimum Gasteiger partial charge on any atom is -0.350 e. The van der Waals surface area contributed by atoms with E-state index in [-0.39, 0.29) is 5.82 Å². The quantitative estimate of drug-likeness (QED) is 0.734. The van der Waals surface area contributed by atoms with E-state index in [2.05, 4.69) is 46.4 Å². The Bertz CT molecular complexity index is 838. The number of nitrogens with one attached hydrogen (secondary N) is 1. The van der Waals surface area contributed by atoms with E-state index in [4.69, 9.17) is 0 Å². The Morgan fingerprint density at radius 2 is 1.96 bits per heavy atom. The van der Waals surface area contributed by atoms with E-state index < -0.39 is 0 Å². The summed E-state index contributed by atoms with van der Waals surface area (Å²) < 4.78 is 15.8. The van der Waals surface area contributed by atoms with Gasteiger partial charge in [-0.3, -0.25) is 0 Å². The Morgan fingerprint density at radius 3 is 2.79 bits per heavy atom. The van der Waals surface area contributed by atoms with E-state index in [1.165, 1.54) is 24.0 Å². The molecule has 1 aliphatic carbocycles. The fourth-order valence-electron chi connectivity index (χ4n) is 4.03. The normalized spacial score (nSPS) is 20.8.